The van der Waals surface area contributed by atoms with E-state index in [0.717, 1.165) is 23.5 Å². The van der Waals surface area contributed by atoms with Gasteiger partial charge in [-0.25, -0.2) is 13.8 Å². The summed E-state index contributed by atoms with van der Waals surface area (Å²) in [4.78, 5) is 15.9. The van der Waals surface area contributed by atoms with E-state index in [4.69, 9.17) is 0 Å². The summed E-state index contributed by atoms with van der Waals surface area (Å²) in [5.41, 5.74) is 0.262. The second kappa shape index (κ2) is 4.81. The monoisotopic (exact) mass is 268 g/mol. The van der Waals surface area contributed by atoms with Crippen LogP contribution in [0, 0.1) is 18.6 Å². The number of carbonyl (C=O) groups is 1. The molecule has 94 valence electrons. The van der Waals surface area contributed by atoms with Crippen LogP contribution in [0.1, 0.15) is 15.4 Å². The number of nitrogens with zero attached hydrogens (tertiary/aromatic N) is 1. The molecule has 0 fully saturated rings. The van der Waals surface area contributed by atoms with Gasteiger partial charge in [-0.2, -0.15) is 0 Å². The maximum absolute atomic E-state index is 13.6. The number of hydrogen-bond acceptors (Lipinski definition) is 3. The molecule has 0 bridgehead atoms. The number of thiazole rings is 1. The first-order valence-electron chi connectivity index (χ1n) is 5.18. The summed E-state index contributed by atoms with van der Waals surface area (Å²) in [6, 6.07) is 3.61. The third kappa shape index (κ3) is 2.11. The third-order valence-electron chi connectivity index (χ3n) is 2.41. The molecule has 0 aliphatic rings. The van der Waals surface area contributed by atoms with Crippen LogP contribution in [0.3, 0.4) is 0 Å². The molecule has 0 saturated carbocycles. The predicted octanol–water partition coefficient (Wildman–Crippen LogP) is 2.76. The molecule has 6 heteroatoms. The van der Waals surface area contributed by atoms with Gasteiger partial charge in [-0.15, -0.1) is 11.3 Å². The molecular formula is C12H10F2N2OS. The molecule has 1 N–H and O–H groups in total. The Labute approximate surface area is 106 Å². The molecule has 3 nitrogen and oxygen atoms in total. The first-order chi connectivity index (χ1) is 8.54. The van der Waals surface area contributed by atoms with Crippen LogP contribution < -0.4 is 5.32 Å². The van der Waals surface area contributed by atoms with Crippen LogP contribution >= 0.6 is 11.3 Å². The number of aromatic nitrogens is 1. The zero-order valence-electron chi connectivity index (χ0n) is 9.75. The quantitative estimate of drug-likeness (QED) is 0.910. The Morgan fingerprint density at radius 1 is 1.33 bits per heavy atom. The largest absolute Gasteiger partial charge is 0.354 e. The highest BCUT2D eigenvalue weighted by molar-refractivity contribution is 7.17. The minimum atomic E-state index is -0.688. The topological polar surface area (TPSA) is 42.0 Å². The molecule has 0 spiro atoms. The number of amides is 1. The number of rotatable bonds is 2. The number of carbonyl (C=O) groups excluding carboxylic acids is 1. The Kier molecular flexibility index (Phi) is 3.38. The minimum Gasteiger partial charge on any atom is -0.354 e. The van der Waals surface area contributed by atoms with Gasteiger partial charge in [0.1, 0.15) is 21.5 Å². The van der Waals surface area contributed by atoms with Gasteiger partial charge in [0.15, 0.2) is 0 Å². The van der Waals surface area contributed by atoms with Crippen molar-refractivity contribution in [3.63, 3.8) is 0 Å². The number of nitrogens with one attached hydrogen (secondary N) is 1. The molecule has 2 rings (SSSR count). The van der Waals surface area contributed by atoms with E-state index in [1.807, 2.05) is 0 Å². The standard InChI is InChI=1S/C12H10F2N2OS/c1-6-10(11(17)15-2)18-12(16-6)9-7(13)4-3-5-8(9)14/h3-5H,1-2H3,(H,15,17). The Morgan fingerprint density at radius 3 is 2.50 bits per heavy atom. The fraction of sp³-hybridized carbons (Fsp3) is 0.167. The molecule has 0 saturated heterocycles. The van der Waals surface area contributed by atoms with E-state index in [-0.39, 0.29) is 16.5 Å². The second-order valence-electron chi connectivity index (χ2n) is 3.61. The van der Waals surface area contributed by atoms with Gasteiger partial charge in [0, 0.05) is 7.05 Å². The van der Waals surface area contributed by atoms with Gasteiger partial charge in [0.25, 0.3) is 5.91 Å². The fourth-order valence-corrected chi connectivity index (χ4v) is 2.59. The van der Waals surface area contributed by atoms with Crippen molar-refractivity contribution < 1.29 is 13.6 Å². The van der Waals surface area contributed by atoms with Crippen molar-refractivity contribution in [2.24, 2.45) is 0 Å². The van der Waals surface area contributed by atoms with Crippen molar-refractivity contribution in [3.8, 4) is 10.6 Å². The second-order valence-corrected chi connectivity index (χ2v) is 4.61. The van der Waals surface area contributed by atoms with E-state index in [9.17, 15) is 13.6 Å². The lowest BCUT2D eigenvalue weighted by molar-refractivity contribution is 0.0966. The lowest BCUT2D eigenvalue weighted by Crippen LogP contribution is -2.17. The van der Waals surface area contributed by atoms with Crippen molar-refractivity contribution in [1.29, 1.82) is 0 Å². The van der Waals surface area contributed by atoms with Gasteiger partial charge in [-0.3, -0.25) is 4.79 Å². The van der Waals surface area contributed by atoms with E-state index in [1.165, 1.54) is 13.1 Å². The maximum atomic E-state index is 13.6. The summed E-state index contributed by atoms with van der Waals surface area (Å²) >= 11 is 0.970. The average molecular weight is 268 g/mol. The lowest BCUT2D eigenvalue weighted by Gasteiger charge is -1.99. The van der Waals surface area contributed by atoms with Gasteiger partial charge in [-0.1, -0.05) is 6.07 Å². The van der Waals surface area contributed by atoms with E-state index >= 15 is 0 Å². The Hall–Kier alpha value is -1.82. The molecular weight excluding hydrogens is 258 g/mol. The van der Waals surface area contributed by atoms with E-state index < -0.39 is 11.6 Å². The van der Waals surface area contributed by atoms with Crippen LogP contribution in [0.25, 0.3) is 10.6 Å². The van der Waals surface area contributed by atoms with Gasteiger partial charge >= 0.3 is 0 Å². The van der Waals surface area contributed by atoms with Crippen molar-refractivity contribution in [2.45, 2.75) is 6.92 Å². The van der Waals surface area contributed by atoms with Crippen LogP contribution in [-0.2, 0) is 0 Å². The van der Waals surface area contributed by atoms with Crippen LogP contribution in [0.2, 0.25) is 0 Å². The van der Waals surface area contributed by atoms with Crippen LogP contribution in [0.15, 0.2) is 18.2 Å². The molecule has 0 unspecified atom stereocenters. The van der Waals surface area contributed by atoms with E-state index in [0.29, 0.717) is 10.6 Å². The molecule has 1 heterocycles. The first-order valence-corrected chi connectivity index (χ1v) is 6.00. The zero-order valence-corrected chi connectivity index (χ0v) is 10.6. The molecule has 18 heavy (non-hydrogen) atoms. The van der Waals surface area contributed by atoms with Crippen molar-refractivity contribution >= 4 is 17.2 Å². The smallest absolute Gasteiger partial charge is 0.263 e. The van der Waals surface area contributed by atoms with Crippen molar-refractivity contribution in [2.75, 3.05) is 7.05 Å². The molecule has 1 aromatic carbocycles. The highest BCUT2D eigenvalue weighted by atomic mass is 32.1. The molecule has 0 radical (unpaired) electrons. The summed E-state index contributed by atoms with van der Waals surface area (Å²) in [6.45, 7) is 1.63. The highest BCUT2D eigenvalue weighted by Gasteiger charge is 2.19. The van der Waals surface area contributed by atoms with Crippen molar-refractivity contribution in [1.82, 2.24) is 10.3 Å². The fourth-order valence-electron chi connectivity index (χ4n) is 1.53. The normalized spacial score (nSPS) is 10.4. The summed E-state index contributed by atoms with van der Waals surface area (Å²) in [5.74, 6) is -1.69. The number of aryl methyl sites for hydroxylation is 1. The zero-order chi connectivity index (χ0) is 13.3. The van der Waals surface area contributed by atoms with E-state index in [1.54, 1.807) is 6.92 Å². The van der Waals surface area contributed by atoms with Crippen LogP contribution in [0.5, 0.6) is 0 Å². The molecule has 0 aliphatic heterocycles. The lowest BCUT2D eigenvalue weighted by atomic mass is 10.2. The molecule has 1 amide bonds. The van der Waals surface area contributed by atoms with Gasteiger partial charge in [-0.05, 0) is 19.1 Å². The van der Waals surface area contributed by atoms with Gasteiger partial charge < -0.3 is 5.32 Å². The van der Waals surface area contributed by atoms with Gasteiger partial charge in [0.05, 0.1) is 11.3 Å². The Balaban J connectivity index is 2.56. The highest BCUT2D eigenvalue weighted by Crippen LogP contribution is 2.31. The number of hydrogen-bond donors (Lipinski definition) is 1. The summed E-state index contributed by atoms with van der Waals surface area (Å²) in [5, 5.41) is 2.63. The Morgan fingerprint density at radius 2 is 1.94 bits per heavy atom. The summed E-state index contributed by atoms with van der Waals surface area (Å²) in [6.07, 6.45) is 0. The Bertz CT molecular complexity index is 590. The third-order valence-corrected chi connectivity index (χ3v) is 3.58. The SMILES string of the molecule is CNC(=O)c1sc(-c2c(F)cccc2F)nc1C. The molecule has 0 atom stereocenters. The number of benzene rings is 1. The predicted molar refractivity (Wildman–Crippen MR) is 65.6 cm³/mol. The van der Waals surface area contributed by atoms with Gasteiger partial charge in [0.2, 0.25) is 0 Å². The molecule has 0 aliphatic carbocycles. The van der Waals surface area contributed by atoms with Crippen LogP contribution in [0.4, 0.5) is 8.78 Å². The van der Waals surface area contributed by atoms with E-state index in [2.05, 4.69) is 10.3 Å². The minimum absolute atomic E-state index is 0.168. The molecule has 1 aromatic heterocycles. The maximum Gasteiger partial charge on any atom is 0.263 e. The van der Waals surface area contributed by atoms with Crippen molar-refractivity contribution in [3.05, 3.63) is 40.4 Å². The molecule has 2 aromatic rings. The van der Waals surface area contributed by atoms with Crippen LogP contribution in [-0.4, -0.2) is 17.9 Å². The number of halogens is 2. The first kappa shape index (κ1) is 12.6. The average Bonchev–Trinajstić information content (AvgIpc) is 2.70. The summed E-state index contributed by atoms with van der Waals surface area (Å²) < 4.78 is 27.2. The summed E-state index contributed by atoms with van der Waals surface area (Å²) in [7, 11) is 1.49.